The zero-order valence-electron chi connectivity index (χ0n) is 16.5. The van der Waals surface area contributed by atoms with Crippen LogP contribution in [0.1, 0.15) is 11.1 Å². The maximum Gasteiger partial charge on any atom is 0.311 e. The van der Waals surface area contributed by atoms with Crippen LogP contribution in [0.2, 0.25) is 0 Å². The standard InChI is InChI=1S/C23H16FN3O5/c24-17-8-4-6-15(12-17)14-32-21-16(7-5-11-20(21)27(30)31)13-19-22(28)25-26(23(19)29)18-9-2-1-3-10-18/h1-13H,14H2,(H,25,28)/b19-13-. The first-order valence-corrected chi connectivity index (χ1v) is 9.51. The fraction of sp³-hybridized carbons (Fsp3) is 0.0435. The minimum absolute atomic E-state index is 0.131. The number of carbonyl (C=O) groups is 2. The SMILES string of the molecule is O=C1NN(c2ccccc2)C(=O)/C1=C\c1cccc([N+](=O)[O-])c1OCc1cccc(F)c1. The van der Waals surface area contributed by atoms with Crippen molar-refractivity contribution >= 4 is 29.3 Å². The van der Waals surface area contributed by atoms with Crippen molar-refractivity contribution in [3.8, 4) is 5.75 Å². The number of amides is 2. The van der Waals surface area contributed by atoms with Gasteiger partial charge in [0.15, 0.2) is 0 Å². The Balaban J connectivity index is 1.69. The van der Waals surface area contributed by atoms with E-state index in [1.807, 2.05) is 0 Å². The van der Waals surface area contributed by atoms with E-state index in [2.05, 4.69) is 5.43 Å². The summed E-state index contributed by atoms with van der Waals surface area (Å²) in [5.74, 6) is -1.86. The van der Waals surface area contributed by atoms with Crippen LogP contribution in [0.5, 0.6) is 5.75 Å². The van der Waals surface area contributed by atoms with E-state index >= 15 is 0 Å². The van der Waals surface area contributed by atoms with E-state index < -0.39 is 22.6 Å². The van der Waals surface area contributed by atoms with Crippen molar-refractivity contribution in [2.24, 2.45) is 0 Å². The highest BCUT2D eigenvalue weighted by molar-refractivity contribution is 6.31. The van der Waals surface area contributed by atoms with Gasteiger partial charge < -0.3 is 4.74 Å². The Labute approximate surface area is 181 Å². The quantitative estimate of drug-likeness (QED) is 0.276. The number of nitro benzene ring substituents is 1. The Morgan fingerprint density at radius 3 is 2.50 bits per heavy atom. The average molecular weight is 433 g/mol. The molecule has 1 saturated heterocycles. The zero-order valence-corrected chi connectivity index (χ0v) is 16.5. The van der Waals surface area contributed by atoms with E-state index in [1.54, 1.807) is 36.4 Å². The van der Waals surface area contributed by atoms with Gasteiger partial charge in [-0.1, -0.05) is 42.5 Å². The maximum atomic E-state index is 13.5. The van der Waals surface area contributed by atoms with E-state index in [4.69, 9.17) is 4.74 Å². The number of nitro groups is 1. The molecule has 1 aliphatic heterocycles. The predicted molar refractivity (Wildman–Crippen MR) is 114 cm³/mol. The minimum atomic E-state index is -0.651. The highest BCUT2D eigenvalue weighted by Crippen LogP contribution is 2.34. The van der Waals surface area contributed by atoms with Gasteiger partial charge in [0.2, 0.25) is 5.75 Å². The number of carbonyl (C=O) groups excluding carboxylic acids is 2. The van der Waals surface area contributed by atoms with Crippen LogP contribution in [-0.4, -0.2) is 16.7 Å². The normalized spacial score (nSPS) is 14.5. The summed E-state index contributed by atoms with van der Waals surface area (Å²) in [6, 6.07) is 18.3. The van der Waals surface area contributed by atoms with Crippen molar-refractivity contribution < 1.29 is 23.6 Å². The highest BCUT2D eigenvalue weighted by Gasteiger charge is 2.35. The molecule has 8 nitrogen and oxygen atoms in total. The Kier molecular flexibility index (Phi) is 5.63. The lowest BCUT2D eigenvalue weighted by atomic mass is 10.1. The molecule has 0 aliphatic carbocycles. The van der Waals surface area contributed by atoms with Gasteiger partial charge in [-0.2, -0.15) is 0 Å². The summed E-state index contributed by atoms with van der Waals surface area (Å²) in [6.07, 6.45) is 1.24. The average Bonchev–Trinajstić information content (AvgIpc) is 3.07. The highest BCUT2D eigenvalue weighted by atomic mass is 19.1. The van der Waals surface area contributed by atoms with Crippen molar-refractivity contribution in [3.63, 3.8) is 0 Å². The molecule has 0 spiro atoms. The molecule has 9 heteroatoms. The number of nitrogens with zero attached hydrogens (tertiary/aromatic N) is 2. The molecule has 1 fully saturated rings. The maximum absolute atomic E-state index is 13.5. The molecule has 32 heavy (non-hydrogen) atoms. The topological polar surface area (TPSA) is 102 Å². The number of anilines is 1. The molecule has 1 aliphatic rings. The number of hydrogen-bond donors (Lipinski definition) is 1. The number of ether oxygens (including phenoxy) is 1. The number of hydrazine groups is 1. The van der Waals surface area contributed by atoms with Gasteiger partial charge in [-0.3, -0.25) is 25.1 Å². The molecule has 0 unspecified atom stereocenters. The fourth-order valence-corrected chi connectivity index (χ4v) is 3.21. The summed E-state index contributed by atoms with van der Waals surface area (Å²) < 4.78 is 19.1. The minimum Gasteiger partial charge on any atom is -0.482 e. The first-order valence-electron chi connectivity index (χ1n) is 9.51. The van der Waals surface area contributed by atoms with Crippen molar-refractivity contribution in [3.05, 3.63) is 105 Å². The Hall–Kier alpha value is -4.53. The molecule has 0 atom stereocenters. The summed E-state index contributed by atoms with van der Waals surface area (Å²) in [5, 5.41) is 12.6. The molecule has 0 aromatic heterocycles. The van der Waals surface area contributed by atoms with E-state index in [9.17, 15) is 24.1 Å². The molecule has 2 amide bonds. The molecule has 0 bridgehead atoms. The van der Waals surface area contributed by atoms with Crippen LogP contribution in [0.15, 0.2) is 78.4 Å². The second kappa shape index (κ2) is 8.68. The molecule has 1 heterocycles. The Bertz CT molecular complexity index is 1240. The molecule has 0 saturated carbocycles. The lowest BCUT2D eigenvalue weighted by molar-refractivity contribution is -0.386. The van der Waals surface area contributed by atoms with Crippen molar-refractivity contribution in [1.29, 1.82) is 0 Å². The molecule has 0 radical (unpaired) electrons. The third-order valence-corrected chi connectivity index (χ3v) is 4.70. The van der Waals surface area contributed by atoms with Crippen LogP contribution in [0, 0.1) is 15.9 Å². The molecule has 4 rings (SSSR count). The number of rotatable bonds is 6. The summed E-state index contributed by atoms with van der Waals surface area (Å²) in [5.41, 5.74) is 3.03. The van der Waals surface area contributed by atoms with Gasteiger partial charge in [-0.05, 0) is 35.9 Å². The van der Waals surface area contributed by atoms with Crippen LogP contribution in [0.4, 0.5) is 15.8 Å². The van der Waals surface area contributed by atoms with E-state index in [1.165, 1.54) is 42.5 Å². The summed E-state index contributed by atoms with van der Waals surface area (Å²) in [4.78, 5) is 36.2. The Morgan fingerprint density at radius 2 is 1.78 bits per heavy atom. The molecular formula is C23H16FN3O5. The van der Waals surface area contributed by atoms with Crippen molar-refractivity contribution in [2.45, 2.75) is 6.61 Å². The van der Waals surface area contributed by atoms with Gasteiger partial charge in [-0.15, -0.1) is 0 Å². The summed E-state index contributed by atoms with van der Waals surface area (Å²) in [6.45, 7) is -0.144. The molecule has 160 valence electrons. The van der Waals surface area contributed by atoms with Crippen LogP contribution in [0.25, 0.3) is 6.08 Å². The zero-order chi connectivity index (χ0) is 22.7. The van der Waals surface area contributed by atoms with Crippen LogP contribution < -0.4 is 15.2 Å². The number of halogens is 1. The van der Waals surface area contributed by atoms with Gasteiger partial charge >= 0.3 is 5.69 Å². The molecular weight excluding hydrogens is 417 g/mol. The van der Waals surface area contributed by atoms with Gasteiger partial charge in [-0.25, -0.2) is 9.40 Å². The number of nitrogens with one attached hydrogen (secondary N) is 1. The second-order valence-corrected chi connectivity index (χ2v) is 6.85. The van der Waals surface area contributed by atoms with Crippen LogP contribution in [-0.2, 0) is 16.2 Å². The van der Waals surface area contributed by atoms with Gasteiger partial charge in [0.05, 0.1) is 10.6 Å². The van der Waals surface area contributed by atoms with Gasteiger partial charge in [0, 0.05) is 11.6 Å². The first-order chi connectivity index (χ1) is 15.4. The summed E-state index contributed by atoms with van der Waals surface area (Å²) >= 11 is 0. The second-order valence-electron chi connectivity index (χ2n) is 6.85. The van der Waals surface area contributed by atoms with Crippen molar-refractivity contribution in [1.82, 2.24) is 5.43 Å². The first kappa shape index (κ1) is 20.7. The largest absolute Gasteiger partial charge is 0.482 e. The van der Waals surface area contributed by atoms with Crippen LogP contribution >= 0.6 is 0 Å². The monoisotopic (exact) mass is 433 g/mol. The van der Waals surface area contributed by atoms with Crippen molar-refractivity contribution in [2.75, 3.05) is 5.01 Å². The van der Waals surface area contributed by atoms with E-state index in [-0.39, 0.29) is 29.2 Å². The molecule has 3 aromatic carbocycles. The lowest BCUT2D eigenvalue weighted by Crippen LogP contribution is -2.35. The third kappa shape index (κ3) is 4.17. The molecule has 1 N–H and O–H groups in total. The number of benzene rings is 3. The van der Waals surface area contributed by atoms with E-state index in [0.717, 1.165) is 5.01 Å². The number of hydrogen-bond acceptors (Lipinski definition) is 5. The van der Waals surface area contributed by atoms with Gasteiger partial charge in [0.25, 0.3) is 11.8 Å². The van der Waals surface area contributed by atoms with E-state index in [0.29, 0.717) is 11.3 Å². The van der Waals surface area contributed by atoms with Gasteiger partial charge in [0.1, 0.15) is 18.0 Å². The number of para-hydroxylation sites is 2. The van der Waals surface area contributed by atoms with Crippen LogP contribution in [0.3, 0.4) is 0 Å². The summed E-state index contributed by atoms with van der Waals surface area (Å²) in [7, 11) is 0. The fourth-order valence-electron chi connectivity index (χ4n) is 3.21. The lowest BCUT2D eigenvalue weighted by Gasteiger charge is -2.14. The predicted octanol–water partition coefficient (Wildman–Crippen LogP) is 3.77. The smallest absolute Gasteiger partial charge is 0.311 e. The molecule has 3 aromatic rings. The Morgan fingerprint density at radius 1 is 1.03 bits per heavy atom. The third-order valence-electron chi connectivity index (χ3n) is 4.70.